The predicted molar refractivity (Wildman–Crippen MR) is 80.8 cm³/mol. The van der Waals surface area contributed by atoms with Crippen molar-refractivity contribution in [1.82, 2.24) is 0 Å². The van der Waals surface area contributed by atoms with Gasteiger partial charge in [0, 0.05) is 18.9 Å². The first-order valence-corrected chi connectivity index (χ1v) is 7.60. The van der Waals surface area contributed by atoms with Gasteiger partial charge in [-0.05, 0) is 30.0 Å². The van der Waals surface area contributed by atoms with Crippen LogP contribution in [-0.2, 0) is 4.74 Å². The van der Waals surface area contributed by atoms with E-state index in [2.05, 4.69) is 25.2 Å². The molecule has 0 spiro atoms. The summed E-state index contributed by atoms with van der Waals surface area (Å²) < 4.78 is 24.7. The van der Waals surface area contributed by atoms with Gasteiger partial charge >= 0.3 is 0 Å². The molecule has 0 N–H and O–H groups in total. The van der Waals surface area contributed by atoms with Gasteiger partial charge in [-0.2, -0.15) is 0 Å². The van der Waals surface area contributed by atoms with E-state index in [1.165, 1.54) is 17.7 Å². The molecule has 0 saturated heterocycles. The van der Waals surface area contributed by atoms with E-state index in [1.54, 1.807) is 12.1 Å². The zero-order chi connectivity index (χ0) is 14.7. The first kappa shape index (κ1) is 14.3. The Morgan fingerprint density at radius 2 is 2.10 bits per heavy atom. The van der Waals surface area contributed by atoms with Crippen molar-refractivity contribution in [3.05, 3.63) is 53.9 Å². The molecule has 21 heavy (non-hydrogen) atoms. The summed E-state index contributed by atoms with van der Waals surface area (Å²) in [4.78, 5) is 0. The Bertz CT molecular complexity index is 544. The zero-order valence-electron chi connectivity index (χ0n) is 12.3. The van der Waals surface area contributed by atoms with Gasteiger partial charge in [0.05, 0.1) is 12.7 Å². The molecule has 2 nitrogen and oxygen atoms in total. The first-order chi connectivity index (χ1) is 10.2. The number of rotatable bonds is 5. The highest BCUT2D eigenvalue weighted by Crippen LogP contribution is 2.30. The molecule has 1 fully saturated rings. The van der Waals surface area contributed by atoms with Crippen LogP contribution in [0.2, 0.25) is 0 Å². The third-order valence-corrected chi connectivity index (χ3v) is 4.21. The summed E-state index contributed by atoms with van der Waals surface area (Å²) in [7, 11) is 0. The molecule has 3 heteroatoms. The standard InChI is InChI=1S/C18H21FO2/c1-13-5-2-3-6-14(13)12-20-17-10-18(11-17)21-16-8-4-7-15(19)9-16/h2-4,6-9,13,17-18H,5,10-12H2,1H3/t13?,17-,18+. The highest BCUT2D eigenvalue weighted by Gasteiger charge is 2.32. The highest BCUT2D eigenvalue weighted by atomic mass is 19.1. The third-order valence-electron chi connectivity index (χ3n) is 4.21. The van der Waals surface area contributed by atoms with Crippen molar-refractivity contribution >= 4 is 0 Å². The molecule has 0 aliphatic heterocycles. The maximum Gasteiger partial charge on any atom is 0.126 e. The number of hydrogen-bond acceptors (Lipinski definition) is 2. The molecule has 1 saturated carbocycles. The van der Waals surface area contributed by atoms with Crippen molar-refractivity contribution in [2.75, 3.05) is 6.61 Å². The van der Waals surface area contributed by atoms with Crippen molar-refractivity contribution < 1.29 is 13.9 Å². The number of halogens is 1. The molecule has 2 aliphatic carbocycles. The number of benzene rings is 1. The lowest BCUT2D eigenvalue weighted by molar-refractivity contribution is -0.0545. The second kappa shape index (κ2) is 6.44. The van der Waals surface area contributed by atoms with Crippen molar-refractivity contribution in [1.29, 1.82) is 0 Å². The lowest BCUT2D eigenvalue weighted by atomic mass is 9.91. The average Bonchev–Trinajstić information content (AvgIpc) is 2.43. The molecule has 0 heterocycles. The molecular weight excluding hydrogens is 267 g/mol. The van der Waals surface area contributed by atoms with Crippen LogP contribution in [0.4, 0.5) is 4.39 Å². The molecule has 3 rings (SSSR count). The summed E-state index contributed by atoms with van der Waals surface area (Å²) in [5.74, 6) is 0.924. The van der Waals surface area contributed by atoms with Crippen LogP contribution in [0.1, 0.15) is 26.2 Å². The van der Waals surface area contributed by atoms with Crippen molar-refractivity contribution in [2.24, 2.45) is 5.92 Å². The van der Waals surface area contributed by atoms with Gasteiger partial charge in [-0.15, -0.1) is 0 Å². The van der Waals surface area contributed by atoms with E-state index >= 15 is 0 Å². The second-order valence-corrected chi connectivity index (χ2v) is 5.91. The van der Waals surface area contributed by atoms with Crippen LogP contribution in [0.5, 0.6) is 5.75 Å². The fourth-order valence-corrected chi connectivity index (χ4v) is 2.68. The van der Waals surface area contributed by atoms with E-state index in [4.69, 9.17) is 9.47 Å². The van der Waals surface area contributed by atoms with E-state index < -0.39 is 0 Å². The minimum atomic E-state index is -0.258. The summed E-state index contributed by atoms with van der Waals surface area (Å²) in [5, 5.41) is 0. The fourth-order valence-electron chi connectivity index (χ4n) is 2.68. The number of ether oxygens (including phenoxy) is 2. The minimum Gasteiger partial charge on any atom is -0.490 e. The van der Waals surface area contributed by atoms with Gasteiger partial charge in [0.25, 0.3) is 0 Å². The van der Waals surface area contributed by atoms with E-state index in [-0.39, 0.29) is 18.0 Å². The van der Waals surface area contributed by atoms with Gasteiger partial charge in [-0.25, -0.2) is 4.39 Å². The molecule has 112 valence electrons. The van der Waals surface area contributed by atoms with Crippen LogP contribution >= 0.6 is 0 Å². The average molecular weight is 288 g/mol. The molecule has 1 unspecified atom stereocenters. The fraction of sp³-hybridized carbons (Fsp3) is 0.444. The van der Waals surface area contributed by atoms with Gasteiger partial charge in [0.1, 0.15) is 17.7 Å². The third kappa shape index (κ3) is 3.73. The predicted octanol–water partition coefficient (Wildman–Crippen LogP) is 4.27. The van der Waals surface area contributed by atoms with Crippen molar-refractivity contribution in [3.63, 3.8) is 0 Å². The quantitative estimate of drug-likeness (QED) is 0.805. The van der Waals surface area contributed by atoms with Gasteiger partial charge < -0.3 is 9.47 Å². The zero-order valence-corrected chi connectivity index (χ0v) is 12.3. The molecule has 1 aromatic rings. The normalized spacial score (nSPS) is 27.9. The lowest BCUT2D eigenvalue weighted by Crippen LogP contribution is -2.40. The van der Waals surface area contributed by atoms with Crippen LogP contribution in [0.25, 0.3) is 0 Å². The van der Waals surface area contributed by atoms with Crippen LogP contribution in [-0.4, -0.2) is 18.8 Å². The van der Waals surface area contributed by atoms with Crippen LogP contribution in [0.15, 0.2) is 48.1 Å². The SMILES string of the molecule is CC1CC=CC=C1CO[C@H]1C[C@@H](Oc2cccc(F)c2)C1. The topological polar surface area (TPSA) is 18.5 Å². The Balaban J connectivity index is 1.40. The first-order valence-electron chi connectivity index (χ1n) is 7.60. The number of allylic oxidation sites excluding steroid dienone is 3. The molecule has 0 aromatic heterocycles. The van der Waals surface area contributed by atoms with E-state index in [1.807, 2.05) is 0 Å². The number of hydrogen-bond donors (Lipinski definition) is 0. The summed E-state index contributed by atoms with van der Waals surface area (Å²) in [5.41, 5.74) is 1.37. The minimum absolute atomic E-state index is 0.148. The van der Waals surface area contributed by atoms with Gasteiger partial charge in [-0.1, -0.05) is 31.2 Å². The smallest absolute Gasteiger partial charge is 0.126 e. The Kier molecular flexibility index (Phi) is 4.39. The van der Waals surface area contributed by atoms with Crippen molar-refractivity contribution in [3.8, 4) is 5.75 Å². The second-order valence-electron chi connectivity index (χ2n) is 5.91. The van der Waals surface area contributed by atoms with Crippen molar-refractivity contribution in [2.45, 2.75) is 38.4 Å². The maximum absolute atomic E-state index is 13.1. The van der Waals surface area contributed by atoms with E-state index in [0.717, 1.165) is 19.3 Å². The molecule has 0 bridgehead atoms. The monoisotopic (exact) mass is 288 g/mol. The summed E-state index contributed by atoms with van der Waals surface area (Å²) >= 11 is 0. The molecular formula is C18H21FO2. The molecule has 1 atom stereocenters. The molecule has 0 radical (unpaired) electrons. The Labute approximate surface area is 125 Å². The molecule has 2 aliphatic rings. The van der Waals surface area contributed by atoms with E-state index in [0.29, 0.717) is 18.3 Å². The Morgan fingerprint density at radius 3 is 2.86 bits per heavy atom. The molecule has 0 amide bonds. The van der Waals surface area contributed by atoms with Gasteiger partial charge in [0.2, 0.25) is 0 Å². The Hall–Kier alpha value is -1.61. The van der Waals surface area contributed by atoms with Crippen LogP contribution < -0.4 is 4.74 Å². The van der Waals surface area contributed by atoms with Crippen LogP contribution in [0.3, 0.4) is 0 Å². The maximum atomic E-state index is 13.1. The van der Waals surface area contributed by atoms with Gasteiger partial charge in [-0.3, -0.25) is 0 Å². The lowest BCUT2D eigenvalue weighted by Gasteiger charge is -2.35. The van der Waals surface area contributed by atoms with E-state index in [9.17, 15) is 4.39 Å². The highest BCUT2D eigenvalue weighted by molar-refractivity contribution is 5.23. The summed E-state index contributed by atoms with van der Waals surface area (Å²) in [6, 6.07) is 6.31. The molecule has 1 aromatic carbocycles. The summed E-state index contributed by atoms with van der Waals surface area (Å²) in [6.45, 7) is 2.94. The Morgan fingerprint density at radius 1 is 1.24 bits per heavy atom. The largest absolute Gasteiger partial charge is 0.490 e. The van der Waals surface area contributed by atoms with Gasteiger partial charge in [0.15, 0.2) is 0 Å². The van der Waals surface area contributed by atoms with Crippen LogP contribution in [0, 0.1) is 11.7 Å². The summed E-state index contributed by atoms with van der Waals surface area (Å²) in [6.07, 6.45) is 9.74.